The third-order valence-electron chi connectivity index (χ3n) is 6.19. The summed E-state index contributed by atoms with van der Waals surface area (Å²) < 4.78 is 24.1. The molecule has 0 fully saturated rings. The SMILES string of the molecule is CSc1ccc(NCCc2cc(-c3cc(CC(C)S(C)(=O)=O)cc4cccnc34)ccc2Cl)cc1. The zero-order valence-corrected chi connectivity index (χ0v) is 22.5. The standard InChI is InChI=1S/C28H29ClN2O2S2/c1-19(35(3,32)33)15-20-16-23-5-4-13-31-28(23)26(17-20)21-6-11-27(29)22(18-21)12-14-30-24-7-9-25(34-2)10-8-24/h4-11,13,16-19,30H,12,14-15H2,1-3H3. The summed E-state index contributed by atoms with van der Waals surface area (Å²) in [6, 6.07) is 22.5. The lowest BCUT2D eigenvalue weighted by molar-refractivity contribution is 0.588. The maximum absolute atomic E-state index is 12.0. The van der Waals surface area contributed by atoms with Gasteiger partial charge in [0.25, 0.3) is 0 Å². The summed E-state index contributed by atoms with van der Waals surface area (Å²) in [5.41, 5.74) is 6.01. The van der Waals surface area contributed by atoms with Crippen molar-refractivity contribution in [3.05, 3.63) is 89.1 Å². The van der Waals surface area contributed by atoms with Crippen LogP contribution < -0.4 is 5.32 Å². The van der Waals surface area contributed by atoms with Gasteiger partial charge in [-0.1, -0.05) is 23.7 Å². The Morgan fingerprint density at radius 1 is 1.06 bits per heavy atom. The lowest BCUT2D eigenvalue weighted by Crippen LogP contribution is -2.18. The van der Waals surface area contributed by atoms with Crippen molar-refractivity contribution in [1.82, 2.24) is 4.98 Å². The van der Waals surface area contributed by atoms with E-state index in [1.807, 2.05) is 30.3 Å². The minimum Gasteiger partial charge on any atom is -0.385 e. The molecule has 182 valence electrons. The Hall–Kier alpha value is -2.54. The molecule has 1 atom stereocenters. The Labute approximate surface area is 217 Å². The second-order valence-corrected chi connectivity index (χ2v) is 12.5. The van der Waals surface area contributed by atoms with Crippen LogP contribution >= 0.6 is 23.4 Å². The fourth-order valence-corrected chi connectivity index (χ4v) is 5.18. The van der Waals surface area contributed by atoms with Crippen LogP contribution in [0.3, 0.4) is 0 Å². The molecule has 35 heavy (non-hydrogen) atoms. The fraction of sp³-hybridized carbons (Fsp3) is 0.250. The first-order chi connectivity index (χ1) is 16.7. The van der Waals surface area contributed by atoms with Gasteiger partial charge in [-0.3, -0.25) is 4.98 Å². The Morgan fingerprint density at radius 2 is 1.83 bits per heavy atom. The number of hydrogen-bond donors (Lipinski definition) is 1. The first-order valence-corrected chi connectivity index (χ1v) is 15.0. The van der Waals surface area contributed by atoms with Crippen molar-refractivity contribution in [3.8, 4) is 11.1 Å². The second-order valence-electron chi connectivity index (χ2n) is 8.77. The maximum atomic E-state index is 12.0. The van der Waals surface area contributed by atoms with Gasteiger partial charge in [-0.15, -0.1) is 11.8 Å². The van der Waals surface area contributed by atoms with Crippen LogP contribution in [0.4, 0.5) is 5.69 Å². The zero-order chi connectivity index (χ0) is 25.0. The maximum Gasteiger partial charge on any atom is 0.150 e. The first-order valence-electron chi connectivity index (χ1n) is 11.5. The number of rotatable bonds is 9. The highest BCUT2D eigenvalue weighted by atomic mass is 35.5. The summed E-state index contributed by atoms with van der Waals surface area (Å²) in [5, 5.41) is 4.73. The Bertz CT molecular complexity index is 1440. The number of halogens is 1. The third-order valence-corrected chi connectivity index (χ3v) is 8.93. The van der Waals surface area contributed by atoms with Crippen LogP contribution in [-0.2, 0) is 22.7 Å². The summed E-state index contributed by atoms with van der Waals surface area (Å²) in [6.07, 6.45) is 6.37. The fourth-order valence-electron chi connectivity index (χ4n) is 4.06. The molecule has 4 nitrogen and oxygen atoms in total. The van der Waals surface area contributed by atoms with Gasteiger partial charge in [0.2, 0.25) is 0 Å². The molecule has 0 bridgehead atoms. The number of benzene rings is 3. The predicted molar refractivity (Wildman–Crippen MR) is 151 cm³/mol. The van der Waals surface area contributed by atoms with Crippen LogP contribution in [0.15, 0.2) is 77.8 Å². The van der Waals surface area contributed by atoms with E-state index in [9.17, 15) is 8.42 Å². The van der Waals surface area contributed by atoms with Gasteiger partial charge in [0.15, 0.2) is 0 Å². The van der Waals surface area contributed by atoms with Crippen LogP contribution in [0, 0.1) is 0 Å². The summed E-state index contributed by atoms with van der Waals surface area (Å²) in [4.78, 5) is 5.87. The number of fused-ring (bicyclic) bond motifs is 1. The van der Waals surface area contributed by atoms with Gasteiger partial charge in [0.1, 0.15) is 9.84 Å². The monoisotopic (exact) mass is 524 g/mol. The number of aromatic nitrogens is 1. The van der Waals surface area contributed by atoms with Crippen molar-refractivity contribution in [2.75, 3.05) is 24.4 Å². The molecule has 0 spiro atoms. The number of anilines is 1. The molecule has 1 heterocycles. The van der Waals surface area contributed by atoms with E-state index in [1.54, 1.807) is 24.9 Å². The smallest absolute Gasteiger partial charge is 0.150 e. The van der Waals surface area contributed by atoms with Crippen LogP contribution in [0.5, 0.6) is 0 Å². The minimum absolute atomic E-state index is 0.455. The molecule has 0 saturated carbocycles. The number of thioether (sulfide) groups is 1. The lowest BCUT2D eigenvalue weighted by atomic mass is 9.95. The molecule has 0 amide bonds. The first kappa shape index (κ1) is 25.5. The molecule has 0 aliphatic heterocycles. The quantitative estimate of drug-likeness (QED) is 0.241. The average Bonchev–Trinajstić information content (AvgIpc) is 2.84. The molecular weight excluding hydrogens is 496 g/mol. The molecule has 0 radical (unpaired) electrons. The van der Waals surface area contributed by atoms with Crippen molar-refractivity contribution in [3.63, 3.8) is 0 Å². The molecule has 4 aromatic rings. The van der Waals surface area contributed by atoms with Gasteiger partial charge >= 0.3 is 0 Å². The van der Waals surface area contributed by atoms with Gasteiger partial charge in [-0.2, -0.15) is 0 Å². The van der Waals surface area contributed by atoms with Crippen LogP contribution in [0.1, 0.15) is 18.1 Å². The molecule has 1 N–H and O–H groups in total. The van der Waals surface area contributed by atoms with Gasteiger partial charge in [-0.25, -0.2) is 8.42 Å². The average molecular weight is 525 g/mol. The number of nitrogens with zero attached hydrogens (tertiary/aromatic N) is 1. The number of hydrogen-bond acceptors (Lipinski definition) is 5. The van der Waals surface area contributed by atoms with Crippen molar-refractivity contribution in [1.29, 1.82) is 0 Å². The van der Waals surface area contributed by atoms with Crippen LogP contribution in [-0.4, -0.2) is 37.7 Å². The summed E-state index contributed by atoms with van der Waals surface area (Å²) in [6.45, 7) is 2.51. The van der Waals surface area contributed by atoms with E-state index in [1.165, 1.54) is 11.2 Å². The molecule has 4 rings (SSSR count). The molecule has 1 unspecified atom stereocenters. The molecule has 0 saturated heterocycles. The Kier molecular flexibility index (Phi) is 8.05. The van der Waals surface area contributed by atoms with Crippen molar-refractivity contribution >= 4 is 49.8 Å². The van der Waals surface area contributed by atoms with E-state index in [2.05, 4.69) is 53.0 Å². The molecule has 7 heteroatoms. The van der Waals surface area contributed by atoms with E-state index < -0.39 is 15.1 Å². The third kappa shape index (κ3) is 6.37. The zero-order valence-electron chi connectivity index (χ0n) is 20.1. The number of pyridine rings is 1. The molecule has 0 aliphatic carbocycles. The van der Waals surface area contributed by atoms with E-state index >= 15 is 0 Å². The van der Waals surface area contributed by atoms with E-state index in [0.717, 1.165) is 56.8 Å². The Morgan fingerprint density at radius 3 is 2.54 bits per heavy atom. The molecule has 0 aliphatic rings. The van der Waals surface area contributed by atoms with Gasteiger partial charge < -0.3 is 5.32 Å². The Balaban J connectivity index is 1.62. The highest BCUT2D eigenvalue weighted by Gasteiger charge is 2.17. The van der Waals surface area contributed by atoms with Gasteiger partial charge in [-0.05, 0) is 97.3 Å². The number of nitrogens with one attached hydrogen (secondary N) is 1. The molecule has 1 aromatic heterocycles. The van der Waals surface area contributed by atoms with Crippen molar-refractivity contribution < 1.29 is 8.42 Å². The lowest BCUT2D eigenvalue weighted by Gasteiger charge is -2.15. The normalized spacial score (nSPS) is 12.6. The summed E-state index contributed by atoms with van der Waals surface area (Å²) in [5.74, 6) is 0. The second kappa shape index (κ2) is 11.0. The number of sulfone groups is 1. The highest BCUT2D eigenvalue weighted by molar-refractivity contribution is 7.98. The summed E-state index contributed by atoms with van der Waals surface area (Å²) >= 11 is 8.29. The summed E-state index contributed by atoms with van der Waals surface area (Å²) in [7, 11) is -3.12. The topological polar surface area (TPSA) is 59.1 Å². The van der Waals surface area contributed by atoms with Gasteiger partial charge in [0.05, 0.1) is 10.8 Å². The van der Waals surface area contributed by atoms with E-state index in [0.29, 0.717) is 6.42 Å². The van der Waals surface area contributed by atoms with E-state index in [-0.39, 0.29) is 0 Å². The van der Waals surface area contributed by atoms with Gasteiger partial charge in [0, 0.05) is 45.6 Å². The van der Waals surface area contributed by atoms with E-state index in [4.69, 9.17) is 11.6 Å². The molecule has 3 aromatic carbocycles. The highest BCUT2D eigenvalue weighted by Crippen LogP contribution is 2.32. The predicted octanol–water partition coefficient (Wildman–Crippen LogP) is 6.91. The van der Waals surface area contributed by atoms with Crippen molar-refractivity contribution in [2.24, 2.45) is 0 Å². The largest absolute Gasteiger partial charge is 0.385 e. The van der Waals surface area contributed by atoms with Crippen molar-refractivity contribution in [2.45, 2.75) is 29.9 Å². The van der Waals surface area contributed by atoms with Crippen LogP contribution in [0.2, 0.25) is 5.02 Å². The van der Waals surface area contributed by atoms with Crippen LogP contribution in [0.25, 0.3) is 22.0 Å². The minimum atomic E-state index is -3.12. The molecular formula is C28H29ClN2O2S2.